The lowest BCUT2D eigenvalue weighted by Crippen LogP contribution is -2.49. The van der Waals surface area contributed by atoms with Gasteiger partial charge in [-0.2, -0.15) is 0 Å². The van der Waals surface area contributed by atoms with Crippen LogP contribution in [-0.2, 0) is 0 Å². The first-order chi connectivity index (χ1) is 10.3. The highest BCUT2D eigenvalue weighted by atomic mass is 16.5. The Morgan fingerprint density at radius 2 is 2.23 bits per heavy atom. The highest BCUT2D eigenvalue weighted by Gasteiger charge is 2.38. The molecular weight excluding hydrogens is 280 g/mol. The third-order valence-corrected chi connectivity index (χ3v) is 4.06. The number of likely N-dealkylation sites (tertiary alicyclic amines) is 1. The van der Waals surface area contributed by atoms with Gasteiger partial charge in [0.1, 0.15) is 5.75 Å². The van der Waals surface area contributed by atoms with Gasteiger partial charge in [-0.3, -0.25) is 0 Å². The number of aryl methyl sites for hydroxylation is 1. The maximum absolute atomic E-state index is 12.5. The summed E-state index contributed by atoms with van der Waals surface area (Å²) in [7, 11) is 0. The van der Waals surface area contributed by atoms with Gasteiger partial charge in [0, 0.05) is 12.2 Å². The van der Waals surface area contributed by atoms with Gasteiger partial charge in [0.25, 0.3) is 0 Å². The van der Waals surface area contributed by atoms with E-state index in [1.165, 1.54) is 0 Å². The number of amides is 2. The van der Waals surface area contributed by atoms with Crippen LogP contribution in [0.1, 0.15) is 39.2 Å². The molecule has 1 fully saturated rings. The molecule has 5 nitrogen and oxygen atoms in total. The summed E-state index contributed by atoms with van der Waals surface area (Å²) in [4.78, 5) is 14.2. The van der Waals surface area contributed by atoms with Crippen molar-refractivity contribution in [3.05, 3.63) is 23.8 Å². The van der Waals surface area contributed by atoms with Crippen molar-refractivity contribution in [2.24, 2.45) is 0 Å². The second kappa shape index (κ2) is 6.57. The summed E-state index contributed by atoms with van der Waals surface area (Å²) >= 11 is 0. The second-order valence-corrected chi connectivity index (χ2v) is 6.35. The third-order valence-electron chi connectivity index (χ3n) is 4.06. The zero-order valence-electron chi connectivity index (χ0n) is 13.8. The largest absolute Gasteiger partial charge is 0.494 e. The van der Waals surface area contributed by atoms with E-state index >= 15 is 0 Å². The maximum Gasteiger partial charge on any atom is 0.322 e. The number of carbonyl (C=O) groups excluding carboxylic acids is 1. The van der Waals surface area contributed by atoms with Crippen molar-refractivity contribution in [1.29, 1.82) is 0 Å². The first-order valence-corrected chi connectivity index (χ1v) is 7.86. The quantitative estimate of drug-likeness (QED) is 0.898. The molecule has 2 amide bonds. The van der Waals surface area contributed by atoms with E-state index in [1.807, 2.05) is 32.0 Å². The number of hydrogen-bond donors (Lipinski definition) is 2. The van der Waals surface area contributed by atoms with E-state index < -0.39 is 5.60 Å². The van der Waals surface area contributed by atoms with Gasteiger partial charge in [-0.15, -0.1) is 0 Å². The van der Waals surface area contributed by atoms with Gasteiger partial charge in [0.15, 0.2) is 0 Å². The Morgan fingerprint density at radius 1 is 1.50 bits per heavy atom. The molecule has 2 rings (SSSR count). The van der Waals surface area contributed by atoms with E-state index in [0.717, 1.165) is 29.8 Å². The van der Waals surface area contributed by atoms with Crippen molar-refractivity contribution in [2.75, 3.05) is 18.5 Å². The lowest BCUT2D eigenvalue weighted by molar-refractivity contribution is 0.0117. The minimum absolute atomic E-state index is 0.142. The van der Waals surface area contributed by atoms with E-state index in [9.17, 15) is 9.90 Å². The van der Waals surface area contributed by atoms with Gasteiger partial charge < -0.3 is 20.1 Å². The standard InChI is InChI=1S/C17H26N2O3/c1-5-22-14-9-8-13(11-12(14)2)18-16(20)19-10-6-7-15(19)17(3,4)21/h8-9,11,15,21H,5-7,10H2,1-4H3,(H,18,20)/t15-/m1/s1. The number of nitrogens with zero attached hydrogens (tertiary/aromatic N) is 1. The summed E-state index contributed by atoms with van der Waals surface area (Å²) in [5.74, 6) is 0.830. The number of hydrogen-bond acceptors (Lipinski definition) is 3. The molecule has 1 atom stereocenters. The molecule has 2 N–H and O–H groups in total. The van der Waals surface area contributed by atoms with Crippen LogP contribution in [0.2, 0.25) is 0 Å². The molecule has 1 heterocycles. The fourth-order valence-corrected chi connectivity index (χ4v) is 2.98. The molecule has 1 aromatic carbocycles. The van der Waals surface area contributed by atoms with E-state index in [0.29, 0.717) is 13.2 Å². The zero-order chi connectivity index (χ0) is 16.3. The monoisotopic (exact) mass is 306 g/mol. The number of aliphatic hydroxyl groups is 1. The summed E-state index contributed by atoms with van der Waals surface area (Å²) in [6.07, 6.45) is 1.75. The van der Waals surface area contributed by atoms with Crippen LogP contribution in [0.3, 0.4) is 0 Å². The average Bonchev–Trinajstić information content (AvgIpc) is 2.91. The van der Waals surface area contributed by atoms with Crippen molar-refractivity contribution in [2.45, 2.75) is 52.2 Å². The number of benzene rings is 1. The van der Waals surface area contributed by atoms with E-state index in [-0.39, 0.29) is 12.1 Å². The summed E-state index contributed by atoms with van der Waals surface area (Å²) in [6, 6.07) is 5.30. The predicted octanol–water partition coefficient (Wildman–Crippen LogP) is 3.16. The normalized spacial score (nSPS) is 18.4. The summed E-state index contributed by atoms with van der Waals surface area (Å²) in [5.41, 5.74) is 0.843. The van der Waals surface area contributed by atoms with Crippen LogP contribution in [-0.4, -0.2) is 40.8 Å². The molecule has 0 unspecified atom stereocenters. The lowest BCUT2D eigenvalue weighted by Gasteiger charge is -2.33. The van der Waals surface area contributed by atoms with Crippen LogP contribution in [0, 0.1) is 6.92 Å². The number of urea groups is 1. The minimum Gasteiger partial charge on any atom is -0.494 e. The van der Waals surface area contributed by atoms with Crippen LogP contribution in [0.4, 0.5) is 10.5 Å². The van der Waals surface area contributed by atoms with Crippen LogP contribution in [0.25, 0.3) is 0 Å². The average molecular weight is 306 g/mol. The fraction of sp³-hybridized carbons (Fsp3) is 0.588. The number of anilines is 1. The molecular formula is C17H26N2O3. The van der Waals surface area contributed by atoms with E-state index in [1.54, 1.807) is 18.7 Å². The first-order valence-electron chi connectivity index (χ1n) is 7.86. The van der Waals surface area contributed by atoms with Gasteiger partial charge in [-0.05, 0) is 64.3 Å². The van der Waals surface area contributed by atoms with Crippen molar-refractivity contribution >= 4 is 11.7 Å². The van der Waals surface area contributed by atoms with Gasteiger partial charge in [-0.25, -0.2) is 4.79 Å². The summed E-state index contributed by atoms with van der Waals surface area (Å²) in [6.45, 7) is 8.70. The molecule has 1 aliphatic rings. The molecule has 122 valence electrons. The van der Waals surface area contributed by atoms with E-state index in [2.05, 4.69) is 5.32 Å². The fourth-order valence-electron chi connectivity index (χ4n) is 2.98. The summed E-state index contributed by atoms with van der Waals surface area (Å²) < 4.78 is 5.50. The van der Waals surface area contributed by atoms with Gasteiger partial charge in [0.2, 0.25) is 0 Å². The molecule has 0 spiro atoms. The molecule has 0 bridgehead atoms. The van der Waals surface area contributed by atoms with Gasteiger partial charge >= 0.3 is 6.03 Å². The van der Waals surface area contributed by atoms with Crippen LogP contribution >= 0.6 is 0 Å². The minimum atomic E-state index is -0.886. The molecule has 0 aromatic heterocycles. The van der Waals surface area contributed by atoms with E-state index in [4.69, 9.17) is 4.74 Å². The Bertz CT molecular complexity index is 537. The Hall–Kier alpha value is -1.75. The number of rotatable bonds is 4. The van der Waals surface area contributed by atoms with Gasteiger partial charge in [-0.1, -0.05) is 0 Å². The van der Waals surface area contributed by atoms with Crippen molar-refractivity contribution in [3.63, 3.8) is 0 Å². The Morgan fingerprint density at radius 3 is 2.82 bits per heavy atom. The molecule has 1 aliphatic heterocycles. The van der Waals surface area contributed by atoms with Crippen molar-refractivity contribution in [3.8, 4) is 5.75 Å². The Balaban J connectivity index is 2.07. The number of carbonyl (C=O) groups is 1. The SMILES string of the molecule is CCOc1ccc(NC(=O)N2CCC[C@@H]2C(C)(C)O)cc1C. The third kappa shape index (κ3) is 3.71. The molecule has 22 heavy (non-hydrogen) atoms. The second-order valence-electron chi connectivity index (χ2n) is 6.35. The number of nitrogens with one attached hydrogen (secondary N) is 1. The lowest BCUT2D eigenvalue weighted by atomic mass is 9.97. The summed E-state index contributed by atoms with van der Waals surface area (Å²) in [5, 5.41) is 13.1. The topological polar surface area (TPSA) is 61.8 Å². The van der Waals surface area contributed by atoms with Crippen molar-refractivity contribution < 1.29 is 14.6 Å². The molecule has 5 heteroatoms. The first kappa shape index (κ1) is 16.6. The van der Waals surface area contributed by atoms with Crippen LogP contribution in [0.5, 0.6) is 5.75 Å². The molecule has 0 radical (unpaired) electrons. The highest BCUT2D eigenvalue weighted by Crippen LogP contribution is 2.28. The van der Waals surface area contributed by atoms with Crippen LogP contribution in [0.15, 0.2) is 18.2 Å². The zero-order valence-corrected chi connectivity index (χ0v) is 13.8. The highest BCUT2D eigenvalue weighted by molar-refractivity contribution is 5.90. The molecule has 0 aliphatic carbocycles. The van der Waals surface area contributed by atoms with Crippen molar-refractivity contribution in [1.82, 2.24) is 4.90 Å². The number of ether oxygens (including phenoxy) is 1. The Labute approximate surface area is 132 Å². The smallest absolute Gasteiger partial charge is 0.322 e. The predicted molar refractivity (Wildman–Crippen MR) is 87.4 cm³/mol. The molecule has 1 aromatic rings. The Kier molecular flexibility index (Phi) is 4.96. The van der Waals surface area contributed by atoms with Gasteiger partial charge in [0.05, 0.1) is 18.2 Å². The van der Waals surface area contributed by atoms with Crippen LogP contribution < -0.4 is 10.1 Å². The molecule has 1 saturated heterocycles. The molecule has 0 saturated carbocycles. The maximum atomic E-state index is 12.5.